The van der Waals surface area contributed by atoms with Crippen molar-refractivity contribution in [2.75, 3.05) is 6.61 Å². The topological polar surface area (TPSA) is 107 Å². The third kappa shape index (κ3) is 2.52. The van der Waals surface area contributed by atoms with Crippen molar-refractivity contribution < 1.29 is 4.74 Å². The molecule has 1 aliphatic heterocycles. The largest absolute Gasteiger partial charge is 0.378 e. The smallest absolute Gasteiger partial charge is 0.0693 e. The van der Waals surface area contributed by atoms with Gasteiger partial charge in [0, 0.05) is 9.82 Å². The fourth-order valence-corrected chi connectivity index (χ4v) is 1.31. The maximum Gasteiger partial charge on any atom is 0.0693 e. The number of ether oxygens (including phenoxy) is 1. The number of nitrogens with zero attached hydrogens (tertiary/aromatic N) is 6. The molecule has 1 saturated heterocycles. The summed E-state index contributed by atoms with van der Waals surface area (Å²) < 4.78 is 5.27. The van der Waals surface area contributed by atoms with Gasteiger partial charge in [0.1, 0.15) is 0 Å². The molecule has 0 aromatic heterocycles. The number of rotatable bonds is 2. The minimum Gasteiger partial charge on any atom is -0.378 e. The quantitative estimate of drug-likeness (QED) is 0.364. The Morgan fingerprint density at radius 3 is 2.46 bits per heavy atom. The van der Waals surface area contributed by atoms with Crippen LogP contribution in [0.1, 0.15) is 13.3 Å². The molecular weight excluding hydrogens is 172 g/mol. The second kappa shape index (κ2) is 4.57. The van der Waals surface area contributed by atoms with Crippen LogP contribution in [0.15, 0.2) is 10.2 Å². The van der Waals surface area contributed by atoms with E-state index < -0.39 is 0 Å². The van der Waals surface area contributed by atoms with Gasteiger partial charge in [0.05, 0.1) is 24.8 Å². The van der Waals surface area contributed by atoms with E-state index >= 15 is 0 Å². The minimum absolute atomic E-state index is 0.0562. The lowest BCUT2D eigenvalue weighted by molar-refractivity contribution is 0.00825. The lowest BCUT2D eigenvalue weighted by atomic mass is 10.0. The van der Waals surface area contributed by atoms with Gasteiger partial charge in [-0.15, -0.1) is 0 Å². The molecule has 1 rings (SSSR count). The van der Waals surface area contributed by atoms with Gasteiger partial charge in [0.2, 0.25) is 0 Å². The number of hydrogen-bond donors (Lipinski definition) is 0. The molecule has 0 spiro atoms. The summed E-state index contributed by atoms with van der Waals surface area (Å²) in [5, 5.41) is 7.08. The lowest BCUT2D eigenvalue weighted by Gasteiger charge is -2.29. The summed E-state index contributed by atoms with van der Waals surface area (Å²) in [6.07, 6.45) is 0.661. The van der Waals surface area contributed by atoms with Crippen molar-refractivity contribution in [3.8, 4) is 0 Å². The Bertz CT molecular complexity index is 266. The molecule has 1 aliphatic rings. The summed E-state index contributed by atoms with van der Waals surface area (Å²) in [5.74, 6) is 0. The fraction of sp³-hybridized carbons (Fsp3) is 1.00. The third-order valence-electron chi connectivity index (χ3n) is 1.97. The van der Waals surface area contributed by atoms with Crippen molar-refractivity contribution in [3.63, 3.8) is 0 Å². The molecule has 1 fully saturated rings. The summed E-state index contributed by atoms with van der Waals surface area (Å²) in [6, 6.07) is -0.637. The second-order valence-electron chi connectivity index (χ2n) is 2.92. The van der Waals surface area contributed by atoms with E-state index in [1.165, 1.54) is 0 Å². The van der Waals surface area contributed by atoms with Gasteiger partial charge in [-0.1, -0.05) is 10.2 Å². The molecule has 0 unspecified atom stereocenters. The molecule has 70 valence electrons. The van der Waals surface area contributed by atoms with Crippen LogP contribution in [0.4, 0.5) is 0 Å². The molecule has 0 saturated carbocycles. The summed E-state index contributed by atoms with van der Waals surface area (Å²) in [6.45, 7) is 2.22. The van der Waals surface area contributed by atoms with Gasteiger partial charge in [-0.2, -0.15) is 0 Å². The van der Waals surface area contributed by atoms with E-state index in [2.05, 4.69) is 20.1 Å². The third-order valence-corrected chi connectivity index (χ3v) is 1.97. The Balaban J connectivity index is 2.70. The highest BCUT2D eigenvalue weighted by Crippen LogP contribution is 2.19. The van der Waals surface area contributed by atoms with Gasteiger partial charge in [-0.3, -0.25) is 0 Å². The predicted octanol–water partition coefficient (Wildman–Crippen LogP) is 2.15. The highest BCUT2D eigenvalue weighted by atomic mass is 16.5. The van der Waals surface area contributed by atoms with Crippen molar-refractivity contribution in [2.45, 2.75) is 31.5 Å². The van der Waals surface area contributed by atoms with Crippen LogP contribution in [0.2, 0.25) is 0 Å². The van der Waals surface area contributed by atoms with Gasteiger partial charge >= 0.3 is 0 Å². The molecule has 7 heteroatoms. The highest BCUT2D eigenvalue weighted by Gasteiger charge is 2.27. The lowest BCUT2D eigenvalue weighted by Crippen LogP contribution is -2.37. The molecular formula is C6H10N6O. The first-order chi connectivity index (χ1) is 6.27. The zero-order valence-electron chi connectivity index (χ0n) is 7.24. The molecule has 0 amide bonds. The van der Waals surface area contributed by atoms with Crippen LogP contribution in [0.5, 0.6) is 0 Å². The molecule has 7 nitrogen and oxygen atoms in total. The average Bonchev–Trinajstić information content (AvgIpc) is 2.10. The van der Waals surface area contributed by atoms with Crippen molar-refractivity contribution in [1.29, 1.82) is 0 Å². The average molecular weight is 182 g/mol. The van der Waals surface area contributed by atoms with Gasteiger partial charge in [0.25, 0.3) is 0 Å². The van der Waals surface area contributed by atoms with E-state index in [9.17, 15) is 0 Å². The molecule has 0 aliphatic carbocycles. The van der Waals surface area contributed by atoms with Gasteiger partial charge in [-0.25, -0.2) is 0 Å². The van der Waals surface area contributed by atoms with Crippen LogP contribution in [-0.4, -0.2) is 24.8 Å². The first kappa shape index (κ1) is 9.67. The normalized spacial score (nSPS) is 32.8. The fourth-order valence-electron chi connectivity index (χ4n) is 1.31. The number of hydrogen-bond acceptors (Lipinski definition) is 3. The van der Waals surface area contributed by atoms with E-state index in [1.54, 1.807) is 0 Å². The summed E-state index contributed by atoms with van der Waals surface area (Å²) in [4.78, 5) is 5.39. The molecule has 13 heavy (non-hydrogen) atoms. The van der Waals surface area contributed by atoms with Crippen LogP contribution in [0, 0.1) is 0 Å². The van der Waals surface area contributed by atoms with Crippen LogP contribution >= 0.6 is 0 Å². The van der Waals surface area contributed by atoms with Crippen molar-refractivity contribution in [3.05, 3.63) is 20.9 Å². The van der Waals surface area contributed by atoms with E-state index in [-0.39, 0.29) is 18.2 Å². The van der Waals surface area contributed by atoms with Gasteiger partial charge < -0.3 is 4.74 Å². The maximum absolute atomic E-state index is 8.27. The molecule has 0 radical (unpaired) electrons. The SMILES string of the molecule is C[C@@H]1C[C@@H](N=[N+]=[N-])[C@@H](N=[N+]=[N-])CO1. The van der Waals surface area contributed by atoms with E-state index in [1.807, 2.05) is 6.92 Å². The van der Waals surface area contributed by atoms with Crippen LogP contribution in [-0.2, 0) is 4.74 Å². The first-order valence-electron chi connectivity index (χ1n) is 3.98. The zero-order valence-corrected chi connectivity index (χ0v) is 7.24. The van der Waals surface area contributed by atoms with Crippen molar-refractivity contribution >= 4 is 0 Å². The van der Waals surface area contributed by atoms with Gasteiger partial charge in [-0.05, 0) is 24.4 Å². The predicted molar refractivity (Wildman–Crippen MR) is 45.9 cm³/mol. The van der Waals surface area contributed by atoms with E-state index in [4.69, 9.17) is 15.8 Å². The summed E-state index contributed by atoms with van der Waals surface area (Å²) in [5.41, 5.74) is 16.5. The van der Waals surface area contributed by atoms with E-state index in [0.717, 1.165) is 0 Å². The Kier molecular flexibility index (Phi) is 3.40. The summed E-state index contributed by atoms with van der Waals surface area (Å²) >= 11 is 0. The Morgan fingerprint density at radius 2 is 1.85 bits per heavy atom. The Morgan fingerprint density at radius 1 is 1.23 bits per heavy atom. The molecule has 3 atom stereocenters. The molecule has 1 heterocycles. The van der Waals surface area contributed by atoms with Gasteiger partial charge in [0.15, 0.2) is 0 Å². The molecule has 0 aromatic carbocycles. The van der Waals surface area contributed by atoms with Crippen LogP contribution < -0.4 is 0 Å². The molecule has 0 N–H and O–H groups in total. The summed E-state index contributed by atoms with van der Waals surface area (Å²) in [7, 11) is 0. The molecule has 0 aromatic rings. The van der Waals surface area contributed by atoms with E-state index in [0.29, 0.717) is 13.0 Å². The second-order valence-corrected chi connectivity index (χ2v) is 2.92. The zero-order chi connectivity index (χ0) is 9.68. The van der Waals surface area contributed by atoms with Crippen LogP contribution in [0.3, 0.4) is 0 Å². The minimum atomic E-state index is -0.364. The first-order valence-corrected chi connectivity index (χ1v) is 3.98. The maximum atomic E-state index is 8.27. The monoisotopic (exact) mass is 182 g/mol. The molecule has 0 bridgehead atoms. The highest BCUT2D eigenvalue weighted by molar-refractivity contribution is 4.88. The van der Waals surface area contributed by atoms with Crippen molar-refractivity contribution in [1.82, 2.24) is 0 Å². The van der Waals surface area contributed by atoms with Crippen molar-refractivity contribution in [2.24, 2.45) is 10.2 Å². The standard InChI is InChI=1S/C6H10N6O/c1-4-2-5(9-11-7)6(3-13-4)10-12-8/h4-6H,2-3H2,1H3/t4-,5-,6+/m1/s1. The Labute approximate surface area is 74.9 Å². The number of azide groups is 2. The Hall–Kier alpha value is -1.42. The van der Waals surface area contributed by atoms with Crippen LogP contribution in [0.25, 0.3) is 20.9 Å².